The first-order valence-electron chi connectivity index (χ1n) is 20.2. The highest BCUT2D eigenvalue weighted by Crippen LogP contribution is 2.37. The number of benzene rings is 3. The molecular weight excluding hydrogens is 753 g/mol. The van der Waals surface area contributed by atoms with E-state index in [2.05, 4.69) is 50.3 Å². The Balaban J connectivity index is 0.743. The Bertz CT molecular complexity index is 2330. The average molecular weight is 801 g/mol. The summed E-state index contributed by atoms with van der Waals surface area (Å²) >= 11 is 0. The van der Waals surface area contributed by atoms with E-state index in [1.807, 2.05) is 42.6 Å². The first-order chi connectivity index (χ1) is 28.6. The van der Waals surface area contributed by atoms with Gasteiger partial charge in [0, 0.05) is 59.8 Å². The fourth-order valence-corrected chi connectivity index (χ4v) is 7.79. The number of amidine groups is 1. The van der Waals surface area contributed by atoms with E-state index in [9.17, 15) is 28.8 Å². The molecule has 1 aromatic heterocycles. The molecule has 4 aromatic rings. The molecule has 59 heavy (non-hydrogen) atoms. The average Bonchev–Trinajstić information content (AvgIpc) is 3.77. The maximum Gasteiger partial charge on any atom is 0.266 e. The van der Waals surface area contributed by atoms with E-state index < -0.39 is 35.2 Å². The molecular formula is C44H48N8O7. The minimum Gasteiger partial charge on any atom is -0.483 e. The second kappa shape index (κ2) is 18.3. The highest BCUT2D eigenvalue weighted by molar-refractivity contribution is 6.24. The lowest BCUT2D eigenvalue weighted by atomic mass is 9.88. The third-order valence-electron chi connectivity index (χ3n) is 10.9. The summed E-state index contributed by atoms with van der Waals surface area (Å²) in [5.41, 5.74) is 3.35. The molecule has 2 atom stereocenters. The van der Waals surface area contributed by atoms with Gasteiger partial charge in [-0.15, -0.1) is 0 Å². The molecule has 3 aliphatic heterocycles. The van der Waals surface area contributed by atoms with Crippen molar-refractivity contribution in [2.75, 3.05) is 23.8 Å². The Morgan fingerprint density at radius 1 is 0.881 bits per heavy atom. The predicted molar refractivity (Wildman–Crippen MR) is 223 cm³/mol. The molecule has 2 unspecified atom stereocenters. The number of nitrogens with zero attached hydrogens (tertiary/aromatic N) is 3. The fourth-order valence-electron chi connectivity index (χ4n) is 7.79. The number of rotatable bonds is 17. The van der Waals surface area contributed by atoms with Crippen molar-refractivity contribution in [2.24, 2.45) is 9.98 Å². The summed E-state index contributed by atoms with van der Waals surface area (Å²) in [6.07, 6.45) is 11.2. The van der Waals surface area contributed by atoms with Crippen LogP contribution in [0.5, 0.6) is 5.75 Å². The molecule has 15 nitrogen and oxygen atoms in total. The van der Waals surface area contributed by atoms with Crippen LogP contribution in [0.4, 0.5) is 11.4 Å². The largest absolute Gasteiger partial charge is 0.483 e. The van der Waals surface area contributed by atoms with Crippen LogP contribution in [0.1, 0.15) is 104 Å². The number of H-pyrrole nitrogens is 1. The Hall–Kier alpha value is -6.64. The monoisotopic (exact) mass is 800 g/mol. The maximum atomic E-state index is 13.2. The molecule has 0 spiro atoms. The molecule has 1 saturated heterocycles. The molecule has 0 radical (unpaired) electrons. The number of aromatic nitrogens is 1. The third kappa shape index (κ3) is 9.57. The number of carbonyl (C=O) groups is 6. The zero-order chi connectivity index (χ0) is 41.4. The molecule has 6 amide bonds. The summed E-state index contributed by atoms with van der Waals surface area (Å²) in [5.74, 6) is -1.99. The molecule has 0 bridgehead atoms. The van der Waals surface area contributed by atoms with Crippen LogP contribution in [0.15, 0.2) is 82.9 Å². The van der Waals surface area contributed by atoms with Crippen molar-refractivity contribution in [3.05, 3.63) is 89.6 Å². The van der Waals surface area contributed by atoms with Gasteiger partial charge in [-0.25, -0.2) is 4.99 Å². The highest BCUT2D eigenvalue weighted by atomic mass is 16.5. The number of hydrogen-bond donors (Lipinski definition) is 5. The van der Waals surface area contributed by atoms with Gasteiger partial charge in [0.1, 0.15) is 24.0 Å². The molecule has 7 rings (SSSR count). The number of aliphatic imine (C=N–C) groups is 2. The molecule has 4 heterocycles. The van der Waals surface area contributed by atoms with Gasteiger partial charge in [0.05, 0.1) is 16.7 Å². The zero-order valence-corrected chi connectivity index (χ0v) is 33.0. The standard InChI is InChI=1S/C44H48N8O7/c1-44(32-25-46-33-17-9-8-15-30(32)33)24-36(47-27-48-44)49-28-13-11-14-29(23-28)50-37(53)19-7-5-3-2-4-6-10-22-45-39(55)26-59-35-18-12-16-31-40(35)43(58)52(42(31)57)34-20-21-38(54)51-41(34)56/h8-9,11-18,23,25,27,34,46H,2-7,10,19-22,24,26H2,1H3,(H,45,55)(H,50,53)(H,47,48,49)(H,51,54,56). The van der Waals surface area contributed by atoms with Crippen molar-refractivity contribution in [1.82, 2.24) is 20.5 Å². The van der Waals surface area contributed by atoms with Crippen LogP contribution in [-0.4, -0.2) is 76.7 Å². The number of fused-ring (bicyclic) bond motifs is 2. The van der Waals surface area contributed by atoms with Gasteiger partial charge in [-0.3, -0.25) is 44.0 Å². The van der Waals surface area contributed by atoms with Crippen LogP contribution in [-0.2, 0) is 24.7 Å². The van der Waals surface area contributed by atoms with Gasteiger partial charge >= 0.3 is 0 Å². The summed E-state index contributed by atoms with van der Waals surface area (Å²) in [4.78, 5) is 88.8. The van der Waals surface area contributed by atoms with Crippen molar-refractivity contribution in [2.45, 2.75) is 89.1 Å². The quantitative estimate of drug-likeness (QED) is 0.0633. The maximum absolute atomic E-state index is 13.2. The van der Waals surface area contributed by atoms with Gasteiger partial charge in [0.25, 0.3) is 17.7 Å². The lowest BCUT2D eigenvalue weighted by molar-refractivity contribution is -0.136. The second-order valence-electron chi connectivity index (χ2n) is 15.3. The van der Waals surface area contributed by atoms with Crippen LogP contribution >= 0.6 is 0 Å². The van der Waals surface area contributed by atoms with Gasteiger partial charge < -0.3 is 25.7 Å². The molecule has 1 fully saturated rings. The van der Waals surface area contributed by atoms with Gasteiger partial charge in [0.2, 0.25) is 17.7 Å². The molecule has 0 saturated carbocycles. The van der Waals surface area contributed by atoms with E-state index in [4.69, 9.17) is 9.73 Å². The fraction of sp³-hybridized carbons (Fsp3) is 0.364. The summed E-state index contributed by atoms with van der Waals surface area (Å²) in [6, 6.07) is 19.2. The Morgan fingerprint density at radius 2 is 1.64 bits per heavy atom. The number of amides is 6. The van der Waals surface area contributed by atoms with E-state index in [1.165, 1.54) is 12.1 Å². The number of imide groups is 2. The van der Waals surface area contributed by atoms with Crippen molar-refractivity contribution in [3.63, 3.8) is 0 Å². The third-order valence-corrected chi connectivity index (χ3v) is 10.9. The van der Waals surface area contributed by atoms with Crippen LogP contribution in [0.25, 0.3) is 10.9 Å². The molecule has 5 N–H and O–H groups in total. The van der Waals surface area contributed by atoms with Gasteiger partial charge in [-0.05, 0) is 62.6 Å². The summed E-state index contributed by atoms with van der Waals surface area (Å²) < 4.78 is 5.65. The minimum atomic E-state index is -1.09. The lowest BCUT2D eigenvalue weighted by Gasteiger charge is -2.28. The van der Waals surface area contributed by atoms with E-state index >= 15 is 0 Å². The number of para-hydroxylation sites is 1. The van der Waals surface area contributed by atoms with Crippen molar-refractivity contribution in [3.8, 4) is 5.75 Å². The van der Waals surface area contributed by atoms with Crippen molar-refractivity contribution >= 4 is 69.9 Å². The van der Waals surface area contributed by atoms with E-state index in [0.29, 0.717) is 19.4 Å². The smallest absolute Gasteiger partial charge is 0.266 e. The second-order valence-corrected chi connectivity index (χ2v) is 15.3. The van der Waals surface area contributed by atoms with Crippen LogP contribution in [0.2, 0.25) is 0 Å². The Kier molecular flexibility index (Phi) is 12.6. The van der Waals surface area contributed by atoms with Gasteiger partial charge in [-0.2, -0.15) is 0 Å². The summed E-state index contributed by atoms with van der Waals surface area (Å²) in [6.45, 7) is 2.23. The van der Waals surface area contributed by atoms with E-state index in [0.717, 1.165) is 83.5 Å². The molecule has 3 aromatic carbocycles. The number of carbonyl (C=O) groups excluding carboxylic acids is 6. The SMILES string of the molecule is CC1(c2c[nH]c3ccccc23)CC(Nc2cccc(NC(=O)CCCCCCCCCNC(=O)COc3cccc4c3C(=O)N(C3CCC(=O)NC3=O)C4=O)c2)=NC=N1. The first-order valence-corrected chi connectivity index (χ1v) is 20.2. The van der Waals surface area contributed by atoms with Gasteiger partial charge in [0.15, 0.2) is 6.61 Å². The number of ether oxygens (including phenoxy) is 1. The topological polar surface area (TPSA) is 204 Å². The van der Waals surface area contributed by atoms with Crippen LogP contribution < -0.4 is 26.0 Å². The number of piperidine rings is 1. The van der Waals surface area contributed by atoms with E-state index in [-0.39, 0.29) is 48.1 Å². The number of hydrogen-bond acceptors (Lipinski definition) is 10. The minimum absolute atomic E-state index is 0.00182. The lowest BCUT2D eigenvalue weighted by Crippen LogP contribution is -2.54. The number of unbranched alkanes of at least 4 members (excludes halogenated alkanes) is 6. The van der Waals surface area contributed by atoms with Crippen LogP contribution in [0.3, 0.4) is 0 Å². The predicted octanol–water partition coefficient (Wildman–Crippen LogP) is 5.98. The first kappa shape index (κ1) is 40.6. The Morgan fingerprint density at radius 3 is 2.47 bits per heavy atom. The van der Waals surface area contributed by atoms with Crippen molar-refractivity contribution < 1.29 is 33.5 Å². The molecule has 3 aliphatic rings. The molecule has 306 valence electrons. The number of anilines is 2. The summed E-state index contributed by atoms with van der Waals surface area (Å²) in [7, 11) is 0. The number of nitrogens with one attached hydrogen (secondary N) is 5. The summed E-state index contributed by atoms with van der Waals surface area (Å²) in [5, 5.41) is 12.6. The number of aromatic amines is 1. The molecule has 15 heteroatoms. The zero-order valence-electron chi connectivity index (χ0n) is 33.0. The molecule has 0 aliphatic carbocycles. The Labute approximate surface area is 341 Å². The highest BCUT2D eigenvalue weighted by Gasteiger charge is 2.46. The van der Waals surface area contributed by atoms with E-state index in [1.54, 1.807) is 12.4 Å². The van der Waals surface area contributed by atoms with Crippen LogP contribution in [0, 0.1) is 0 Å². The normalized spacial score (nSPS) is 18.7. The van der Waals surface area contributed by atoms with Gasteiger partial charge in [-0.1, -0.05) is 62.4 Å². The van der Waals surface area contributed by atoms with Crippen molar-refractivity contribution in [1.29, 1.82) is 0 Å².